The van der Waals surface area contributed by atoms with E-state index in [1.807, 2.05) is 0 Å². The Morgan fingerprint density at radius 1 is 1.13 bits per heavy atom. The highest BCUT2D eigenvalue weighted by Crippen LogP contribution is 2.39. The summed E-state index contributed by atoms with van der Waals surface area (Å²) in [6, 6.07) is 9.64. The quantitative estimate of drug-likeness (QED) is 0.558. The maximum Gasteiger partial charge on any atom is 0.417 e. The van der Waals surface area contributed by atoms with Crippen LogP contribution in [0.4, 0.5) is 13.2 Å². The first-order chi connectivity index (χ1) is 14.1. The number of H-pyrrole nitrogens is 1. The van der Waals surface area contributed by atoms with Crippen LogP contribution < -0.4 is 0 Å². The second-order valence-corrected chi connectivity index (χ2v) is 10.2. The number of hydrogen-bond acceptors (Lipinski definition) is 3. The van der Waals surface area contributed by atoms with Crippen molar-refractivity contribution in [2.75, 3.05) is 6.26 Å². The van der Waals surface area contributed by atoms with Gasteiger partial charge in [-0.2, -0.15) is 13.2 Å². The largest absolute Gasteiger partial charge is 0.417 e. The Labute approximate surface area is 173 Å². The number of nitrogens with one attached hydrogen (secondary N) is 1. The fraction of sp³-hybridized carbons (Fsp3) is 0.409. The average molecular weight is 436 g/mol. The minimum Gasteiger partial charge on any atom is -0.343 e. The zero-order valence-electron chi connectivity index (χ0n) is 16.5. The molecule has 8 heteroatoms. The normalized spacial score (nSPS) is 16.9. The van der Waals surface area contributed by atoms with Crippen LogP contribution in [0.5, 0.6) is 0 Å². The van der Waals surface area contributed by atoms with Gasteiger partial charge in [-0.25, -0.2) is 13.4 Å². The molecule has 1 aliphatic carbocycles. The monoisotopic (exact) mass is 436 g/mol. The molecule has 1 N–H and O–H groups in total. The molecule has 0 amide bonds. The Morgan fingerprint density at radius 2 is 1.80 bits per heavy atom. The second kappa shape index (κ2) is 7.72. The number of halogens is 3. The molecule has 4 rings (SSSR count). The van der Waals surface area contributed by atoms with Gasteiger partial charge < -0.3 is 4.98 Å². The van der Waals surface area contributed by atoms with E-state index >= 15 is 0 Å². The highest BCUT2D eigenvalue weighted by atomic mass is 32.2. The summed E-state index contributed by atoms with van der Waals surface area (Å²) in [5, 5.41) is 0.420. The number of pyridine rings is 1. The van der Waals surface area contributed by atoms with Crippen LogP contribution in [0, 0.1) is 5.92 Å². The Hall–Kier alpha value is -2.35. The van der Waals surface area contributed by atoms with Crippen LogP contribution in [0.25, 0.3) is 11.0 Å². The molecular weight excluding hydrogens is 413 g/mol. The standard InChI is InChI=1S/C22H23F3N2O2S/c1-30(28,29)18-8-6-15(7-9-18)19(10-14-4-2-3-5-14)20-12-16-11-17(22(23,24)25)13-26-21(16)27-20/h6-9,11-14,19H,2-5,10H2,1H3,(H,26,27)/t19-/m1/s1. The third-order valence-corrected chi connectivity index (χ3v) is 7.08. The van der Waals surface area contributed by atoms with Crippen molar-refractivity contribution in [3.8, 4) is 0 Å². The third-order valence-electron chi connectivity index (χ3n) is 5.95. The van der Waals surface area contributed by atoms with Gasteiger partial charge in [0.05, 0.1) is 10.5 Å². The lowest BCUT2D eigenvalue weighted by atomic mass is 9.85. The van der Waals surface area contributed by atoms with Crippen molar-refractivity contribution in [3.63, 3.8) is 0 Å². The number of sulfone groups is 1. The van der Waals surface area contributed by atoms with E-state index in [1.165, 1.54) is 19.1 Å². The SMILES string of the molecule is CS(=O)(=O)c1ccc([C@@H](CC2CCCC2)c2cc3cc(C(F)(F)F)cnc3[nH]2)cc1. The zero-order valence-corrected chi connectivity index (χ0v) is 17.4. The van der Waals surface area contributed by atoms with Gasteiger partial charge in [0, 0.05) is 29.5 Å². The highest BCUT2D eigenvalue weighted by molar-refractivity contribution is 7.90. The van der Waals surface area contributed by atoms with Gasteiger partial charge in [-0.1, -0.05) is 37.8 Å². The first-order valence-corrected chi connectivity index (χ1v) is 11.9. The highest BCUT2D eigenvalue weighted by Gasteiger charge is 2.31. The van der Waals surface area contributed by atoms with Gasteiger partial charge in [-0.05, 0) is 42.2 Å². The van der Waals surface area contributed by atoms with E-state index in [9.17, 15) is 21.6 Å². The fourth-order valence-corrected chi connectivity index (χ4v) is 4.98. The number of hydrogen-bond donors (Lipinski definition) is 1. The van der Waals surface area contributed by atoms with E-state index < -0.39 is 21.6 Å². The van der Waals surface area contributed by atoms with Gasteiger partial charge in [0.25, 0.3) is 0 Å². The maximum atomic E-state index is 13.1. The smallest absolute Gasteiger partial charge is 0.343 e. The number of nitrogens with zero attached hydrogens (tertiary/aromatic N) is 1. The molecule has 0 bridgehead atoms. The maximum absolute atomic E-state index is 13.1. The van der Waals surface area contributed by atoms with Crippen molar-refractivity contribution < 1.29 is 21.6 Å². The predicted octanol–water partition coefficient (Wildman–Crippen LogP) is 5.70. The molecule has 1 atom stereocenters. The van der Waals surface area contributed by atoms with Crippen molar-refractivity contribution in [2.24, 2.45) is 5.92 Å². The summed E-state index contributed by atoms with van der Waals surface area (Å²) in [7, 11) is -3.30. The summed E-state index contributed by atoms with van der Waals surface area (Å²) in [5.74, 6) is 0.472. The molecule has 0 radical (unpaired) electrons. The molecule has 2 aromatic heterocycles. The third kappa shape index (κ3) is 4.38. The van der Waals surface area contributed by atoms with Crippen LogP contribution in [0.15, 0.2) is 47.5 Å². The Balaban J connectivity index is 1.73. The number of aromatic amines is 1. The molecule has 30 heavy (non-hydrogen) atoms. The van der Waals surface area contributed by atoms with E-state index in [1.54, 1.807) is 30.3 Å². The molecule has 0 spiro atoms. The molecule has 160 valence electrons. The van der Waals surface area contributed by atoms with Crippen LogP contribution in [-0.4, -0.2) is 24.6 Å². The van der Waals surface area contributed by atoms with Crippen LogP contribution in [0.1, 0.15) is 54.8 Å². The molecular formula is C22H23F3N2O2S. The van der Waals surface area contributed by atoms with E-state index in [2.05, 4.69) is 9.97 Å². The summed E-state index contributed by atoms with van der Waals surface area (Å²) in [6.07, 6.45) is 3.07. The number of rotatable bonds is 5. The van der Waals surface area contributed by atoms with E-state index in [0.29, 0.717) is 17.0 Å². The summed E-state index contributed by atoms with van der Waals surface area (Å²) in [6.45, 7) is 0. The molecule has 0 saturated heterocycles. The van der Waals surface area contributed by atoms with Crippen molar-refractivity contribution >= 4 is 20.9 Å². The van der Waals surface area contributed by atoms with Crippen LogP contribution in [0.3, 0.4) is 0 Å². The minimum atomic E-state index is -4.44. The van der Waals surface area contributed by atoms with Gasteiger partial charge >= 0.3 is 6.18 Å². The van der Waals surface area contributed by atoms with Crippen molar-refractivity contribution in [1.29, 1.82) is 0 Å². The molecule has 1 saturated carbocycles. The molecule has 1 aliphatic rings. The average Bonchev–Trinajstić information content (AvgIpc) is 3.33. The Morgan fingerprint density at radius 3 is 2.40 bits per heavy atom. The summed E-state index contributed by atoms with van der Waals surface area (Å²) < 4.78 is 62.7. The Kier molecular flexibility index (Phi) is 5.38. The lowest BCUT2D eigenvalue weighted by molar-refractivity contribution is -0.137. The van der Waals surface area contributed by atoms with Crippen molar-refractivity contribution in [3.05, 3.63) is 59.4 Å². The van der Waals surface area contributed by atoms with Crippen molar-refractivity contribution in [2.45, 2.75) is 49.1 Å². The van der Waals surface area contributed by atoms with Gasteiger partial charge in [-0.3, -0.25) is 0 Å². The van der Waals surface area contributed by atoms with Crippen molar-refractivity contribution in [1.82, 2.24) is 9.97 Å². The number of aromatic nitrogens is 2. The number of alkyl halides is 3. The number of fused-ring (bicyclic) bond motifs is 1. The molecule has 0 unspecified atom stereocenters. The summed E-state index contributed by atoms with van der Waals surface area (Å²) in [4.78, 5) is 7.41. The van der Waals surface area contributed by atoms with E-state index in [0.717, 1.165) is 42.8 Å². The Bertz CT molecular complexity index is 1150. The van der Waals surface area contributed by atoms with Crippen LogP contribution in [-0.2, 0) is 16.0 Å². The molecule has 3 aromatic rings. The lowest BCUT2D eigenvalue weighted by Crippen LogP contribution is -2.08. The first kappa shape index (κ1) is 20.9. The van der Waals surface area contributed by atoms with Gasteiger partial charge in [0.1, 0.15) is 5.65 Å². The molecule has 1 fully saturated rings. The second-order valence-electron chi connectivity index (χ2n) is 8.16. The molecule has 4 nitrogen and oxygen atoms in total. The topological polar surface area (TPSA) is 62.8 Å². The van der Waals surface area contributed by atoms with Gasteiger partial charge in [0.15, 0.2) is 9.84 Å². The van der Waals surface area contributed by atoms with E-state index in [4.69, 9.17) is 0 Å². The van der Waals surface area contributed by atoms with Crippen LogP contribution >= 0.6 is 0 Å². The lowest BCUT2D eigenvalue weighted by Gasteiger charge is -2.20. The van der Waals surface area contributed by atoms with Gasteiger partial charge in [-0.15, -0.1) is 0 Å². The first-order valence-electron chi connectivity index (χ1n) is 9.97. The molecule has 1 aromatic carbocycles. The summed E-state index contributed by atoms with van der Waals surface area (Å²) in [5.41, 5.74) is 1.39. The minimum absolute atomic E-state index is 0.0646. The summed E-state index contributed by atoms with van der Waals surface area (Å²) >= 11 is 0. The fourth-order valence-electron chi connectivity index (χ4n) is 4.35. The molecule has 0 aliphatic heterocycles. The number of benzene rings is 1. The van der Waals surface area contributed by atoms with Crippen LogP contribution in [0.2, 0.25) is 0 Å². The van der Waals surface area contributed by atoms with E-state index in [-0.39, 0.29) is 10.8 Å². The molecule has 2 heterocycles. The van der Waals surface area contributed by atoms with Gasteiger partial charge in [0.2, 0.25) is 0 Å². The zero-order chi connectivity index (χ0) is 21.5. The predicted molar refractivity (Wildman–Crippen MR) is 109 cm³/mol.